The smallest absolute Gasteiger partial charge is 0.410 e. The molecule has 1 amide bonds. The molecule has 0 aliphatic carbocycles. The largest absolute Gasteiger partial charge is 0.444 e. The van der Waals surface area contributed by atoms with E-state index >= 15 is 0 Å². The average molecular weight is 267 g/mol. The molecule has 1 aliphatic rings. The zero-order valence-corrected chi connectivity index (χ0v) is 11.9. The third-order valence-electron chi connectivity index (χ3n) is 2.37. The molecule has 0 spiro atoms. The molecular formula is C12H17N3O2S. The van der Waals surface area contributed by atoms with E-state index in [1.54, 1.807) is 16.2 Å². The Bertz CT molecular complexity index is 488. The van der Waals surface area contributed by atoms with Crippen LogP contribution in [-0.4, -0.2) is 39.9 Å². The van der Waals surface area contributed by atoms with Crippen molar-refractivity contribution in [3.63, 3.8) is 0 Å². The third kappa shape index (κ3) is 3.07. The minimum Gasteiger partial charge on any atom is -0.444 e. The molecule has 5 nitrogen and oxygen atoms in total. The highest BCUT2D eigenvalue weighted by atomic mass is 32.1. The van der Waals surface area contributed by atoms with E-state index in [9.17, 15) is 4.79 Å². The average Bonchev–Trinajstić information content (AvgIpc) is 2.82. The second-order valence-electron chi connectivity index (χ2n) is 5.22. The third-order valence-corrected chi connectivity index (χ3v) is 3.29. The number of aromatic nitrogens is 2. The van der Waals surface area contributed by atoms with Crippen molar-refractivity contribution in [2.75, 3.05) is 13.1 Å². The van der Waals surface area contributed by atoms with E-state index in [1.807, 2.05) is 33.8 Å². The van der Waals surface area contributed by atoms with E-state index in [1.165, 1.54) is 0 Å². The minimum atomic E-state index is -0.459. The summed E-state index contributed by atoms with van der Waals surface area (Å²) in [7, 11) is 0. The molecule has 1 aromatic heterocycles. The van der Waals surface area contributed by atoms with Crippen LogP contribution in [-0.2, 0) is 4.74 Å². The topological polar surface area (TPSA) is 55.3 Å². The molecule has 18 heavy (non-hydrogen) atoms. The molecule has 6 heteroatoms. The van der Waals surface area contributed by atoms with Gasteiger partial charge < -0.3 is 9.64 Å². The van der Waals surface area contributed by atoms with Gasteiger partial charge in [0.1, 0.15) is 15.6 Å². The summed E-state index contributed by atoms with van der Waals surface area (Å²) in [5.41, 5.74) is 0.588. The fourth-order valence-corrected chi connectivity index (χ4v) is 2.32. The van der Waals surface area contributed by atoms with Gasteiger partial charge in [-0.05, 0) is 27.7 Å². The molecule has 1 aliphatic heterocycles. The summed E-state index contributed by atoms with van der Waals surface area (Å²) in [6.07, 6.45) is 1.72. The molecule has 0 saturated heterocycles. The molecular weight excluding hydrogens is 250 g/mol. The van der Waals surface area contributed by atoms with Crippen molar-refractivity contribution in [1.29, 1.82) is 0 Å². The van der Waals surface area contributed by atoms with Crippen molar-refractivity contribution >= 4 is 23.0 Å². The van der Waals surface area contributed by atoms with Crippen LogP contribution in [0.4, 0.5) is 4.79 Å². The maximum atomic E-state index is 11.9. The van der Waals surface area contributed by atoms with Gasteiger partial charge in [0, 0.05) is 12.1 Å². The van der Waals surface area contributed by atoms with E-state index in [2.05, 4.69) is 10.2 Å². The van der Waals surface area contributed by atoms with Crippen LogP contribution in [0.2, 0.25) is 0 Å². The lowest BCUT2D eigenvalue weighted by molar-refractivity contribution is 0.0306. The minimum absolute atomic E-state index is 0.282. The first kappa shape index (κ1) is 13.0. The summed E-state index contributed by atoms with van der Waals surface area (Å²) in [4.78, 5) is 13.5. The van der Waals surface area contributed by atoms with Gasteiger partial charge in [0.05, 0.1) is 6.54 Å². The Morgan fingerprint density at radius 1 is 1.44 bits per heavy atom. The molecule has 0 atom stereocenters. The number of rotatable bonds is 1. The molecule has 2 heterocycles. The van der Waals surface area contributed by atoms with E-state index in [-0.39, 0.29) is 6.09 Å². The number of nitrogens with zero attached hydrogens (tertiary/aromatic N) is 3. The van der Waals surface area contributed by atoms with Gasteiger partial charge in [-0.25, -0.2) is 4.79 Å². The molecule has 2 rings (SSSR count). The summed E-state index contributed by atoms with van der Waals surface area (Å²) in [5, 5.41) is 9.89. The Labute approximate surface area is 110 Å². The van der Waals surface area contributed by atoms with Crippen LogP contribution >= 0.6 is 11.3 Å². The Balaban J connectivity index is 1.97. The van der Waals surface area contributed by atoms with Gasteiger partial charge in [-0.2, -0.15) is 0 Å². The predicted molar refractivity (Wildman–Crippen MR) is 70.4 cm³/mol. The van der Waals surface area contributed by atoms with Gasteiger partial charge >= 0.3 is 6.09 Å². The molecule has 0 bridgehead atoms. The number of hydrogen-bond donors (Lipinski definition) is 0. The van der Waals surface area contributed by atoms with E-state index in [0.717, 1.165) is 15.6 Å². The number of carbonyl (C=O) groups is 1. The van der Waals surface area contributed by atoms with Crippen LogP contribution in [0, 0.1) is 6.92 Å². The molecule has 0 radical (unpaired) electrons. The first-order valence-electron chi connectivity index (χ1n) is 5.82. The quantitative estimate of drug-likeness (QED) is 0.784. The molecule has 0 saturated carbocycles. The monoisotopic (exact) mass is 267 g/mol. The highest BCUT2D eigenvalue weighted by Crippen LogP contribution is 2.24. The lowest BCUT2D eigenvalue weighted by atomic mass is 10.2. The molecule has 0 aromatic carbocycles. The Morgan fingerprint density at radius 2 is 2.17 bits per heavy atom. The fraction of sp³-hybridized carbons (Fsp3) is 0.583. The van der Waals surface area contributed by atoms with Crippen LogP contribution in [0.15, 0.2) is 6.08 Å². The summed E-state index contributed by atoms with van der Waals surface area (Å²) in [5.74, 6) is 0. The number of carbonyl (C=O) groups excluding carboxylic acids is 1. The van der Waals surface area contributed by atoms with Crippen LogP contribution in [0.1, 0.15) is 30.8 Å². The number of amides is 1. The lowest BCUT2D eigenvalue weighted by Crippen LogP contribution is -2.35. The van der Waals surface area contributed by atoms with Gasteiger partial charge in [0.2, 0.25) is 0 Å². The van der Waals surface area contributed by atoms with E-state index < -0.39 is 5.60 Å². The number of aryl methyl sites for hydroxylation is 1. The second-order valence-corrected chi connectivity index (χ2v) is 6.40. The number of ether oxygens (including phenoxy) is 1. The van der Waals surface area contributed by atoms with E-state index in [0.29, 0.717) is 13.1 Å². The van der Waals surface area contributed by atoms with Gasteiger partial charge in [-0.3, -0.25) is 0 Å². The summed E-state index contributed by atoms with van der Waals surface area (Å²) in [6, 6.07) is 0. The first-order valence-corrected chi connectivity index (χ1v) is 6.64. The summed E-state index contributed by atoms with van der Waals surface area (Å²) < 4.78 is 5.33. The standard InChI is InChI=1S/C12H17N3O2S/c1-8-13-14-10(18-8)9-5-6-15(7-9)11(16)17-12(2,3)4/h5H,6-7H2,1-4H3. The normalized spacial score (nSPS) is 15.8. The molecule has 1 aromatic rings. The zero-order valence-electron chi connectivity index (χ0n) is 11.1. The number of hydrogen-bond acceptors (Lipinski definition) is 5. The SMILES string of the molecule is Cc1nnc(C2=CCN(C(=O)OC(C)(C)C)C2)s1. The maximum absolute atomic E-state index is 11.9. The van der Waals surface area contributed by atoms with Crippen LogP contribution in [0.3, 0.4) is 0 Å². The zero-order chi connectivity index (χ0) is 13.3. The van der Waals surface area contributed by atoms with Gasteiger partial charge in [-0.15, -0.1) is 10.2 Å². The van der Waals surface area contributed by atoms with E-state index in [4.69, 9.17) is 4.74 Å². The maximum Gasteiger partial charge on any atom is 0.410 e. The first-order chi connectivity index (χ1) is 8.35. The Kier molecular flexibility index (Phi) is 3.38. The fourth-order valence-electron chi connectivity index (χ4n) is 1.60. The summed E-state index contributed by atoms with van der Waals surface area (Å²) in [6.45, 7) is 8.63. The highest BCUT2D eigenvalue weighted by Gasteiger charge is 2.26. The molecule has 0 N–H and O–H groups in total. The van der Waals surface area contributed by atoms with Crippen molar-refractivity contribution in [1.82, 2.24) is 15.1 Å². The Morgan fingerprint density at radius 3 is 2.72 bits per heavy atom. The van der Waals surface area contributed by atoms with Crippen LogP contribution in [0.5, 0.6) is 0 Å². The van der Waals surface area contributed by atoms with Crippen molar-refractivity contribution < 1.29 is 9.53 Å². The Hall–Kier alpha value is -1.43. The predicted octanol–water partition coefficient (Wildman–Crippen LogP) is 2.48. The highest BCUT2D eigenvalue weighted by molar-refractivity contribution is 7.12. The van der Waals surface area contributed by atoms with Crippen LogP contribution < -0.4 is 0 Å². The van der Waals surface area contributed by atoms with Crippen molar-refractivity contribution in [2.24, 2.45) is 0 Å². The molecule has 0 fully saturated rings. The van der Waals surface area contributed by atoms with Crippen molar-refractivity contribution in [3.05, 3.63) is 16.1 Å². The van der Waals surface area contributed by atoms with Crippen molar-refractivity contribution in [2.45, 2.75) is 33.3 Å². The van der Waals surface area contributed by atoms with Crippen molar-refractivity contribution in [3.8, 4) is 0 Å². The molecule has 0 unspecified atom stereocenters. The van der Waals surface area contributed by atoms with Crippen LogP contribution in [0.25, 0.3) is 5.57 Å². The van der Waals surface area contributed by atoms with Gasteiger partial charge in [0.25, 0.3) is 0 Å². The van der Waals surface area contributed by atoms with Gasteiger partial charge in [0.15, 0.2) is 0 Å². The molecule has 98 valence electrons. The lowest BCUT2D eigenvalue weighted by Gasteiger charge is -2.24. The summed E-state index contributed by atoms with van der Waals surface area (Å²) >= 11 is 1.54. The second kappa shape index (κ2) is 4.68. The van der Waals surface area contributed by atoms with Gasteiger partial charge in [-0.1, -0.05) is 17.4 Å².